The largest absolute Gasteiger partial charge is 0.460 e. The van der Waals surface area contributed by atoms with Crippen LogP contribution in [0.2, 0.25) is 0 Å². The van der Waals surface area contributed by atoms with Crippen molar-refractivity contribution in [2.45, 2.75) is 25.4 Å². The van der Waals surface area contributed by atoms with Crippen LogP contribution in [0.5, 0.6) is 11.5 Å². The Morgan fingerprint density at radius 3 is 2.32 bits per heavy atom. The van der Waals surface area contributed by atoms with Crippen molar-refractivity contribution in [2.75, 3.05) is 0 Å². The molecule has 0 saturated heterocycles. The smallest absolute Gasteiger partial charge is 0.314 e. The fourth-order valence-electron chi connectivity index (χ4n) is 3.27. The van der Waals surface area contributed by atoms with E-state index in [0.717, 1.165) is 18.4 Å². The average molecular weight is 376 g/mol. The molecule has 142 valence electrons. The minimum atomic E-state index is -0.459. The highest BCUT2D eigenvalue weighted by Crippen LogP contribution is 2.43. The van der Waals surface area contributed by atoms with Gasteiger partial charge in [-0.1, -0.05) is 54.6 Å². The molecule has 1 saturated carbocycles. The summed E-state index contributed by atoms with van der Waals surface area (Å²) in [4.78, 5) is 12.7. The first-order valence-corrected chi connectivity index (χ1v) is 9.43. The van der Waals surface area contributed by atoms with Gasteiger partial charge in [-0.05, 0) is 54.2 Å². The van der Waals surface area contributed by atoms with E-state index in [-0.39, 0.29) is 24.2 Å². The summed E-state index contributed by atoms with van der Waals surface area (Å²) < 4.78 is 25.3. The van der Waals surface area contributed by atoms with Crippen LogP contribution in [0.3, 0.4) is 0 Å². The maximum absolute atomic E-state index is 14.1. The lowest BCUT2D eigenvalue weighted by atomic mass is 9.94. The second kappa shape index (κ2) is 8.26. The summed E-state index contributed by atoms with van der Waals surface area (Å²) in [5, 5.41) is 0. The summed E-state index contributed by atoms with van der Waals surface area (Å²) in [5.41, 5.74) is 1.67. The fraction of sp³-hybridized carbons (Fsp3) is 0.208. The summed E-state index contributed by atoms with van der Waals surface area (Å²) in [6.45, 7) is 0.0836. The van der Waals surface area contributed by atoms with E-state index in [1.807, 2.05) is 48.5 Å². The molecule has 0 heterocycles. The predicted molar refractivity (Wildman–Crippen MR) is 105 cm³/mol. The third kappa shape index (κ3) is 4.39. The molecule has 0 N–H and O–H groups in total. The molecule has 1 unspecified atom stereocenters. The molecule has 3 aromatic rings. The number of carbonyl (C=O) groups excluding carboxylic acids is 1. The van der Waals surface area contributed by atoms with Crippen LogP contribution in [0, 0.1) is 11.7 Å². The Morgan fingerprint density at radius 1 is 0.964 bits per heavy atom. The van der Waals surface area contributed by atoms with Crippen molar-refractivity contribution in [1.29, 1.82) is 0 Å². The van der Waals surface area contributed by atoms with Gasteiger partial charge in [0.2, 0.25) is 0 Å². The number of hydrogen-bond acceptors (Lipinski definition) is 3. The van der Waals surface area contributed by atoms with E-state index >= 15 is 0 Å². The fourth-order valence-corrected chi connectivity index (χ4v) is 3.27. The van der Waals surface area contributed by atoms with Crippen molar-refractivity contribution in [1.82, 2.24) is 0 Å². The van der Waals surface area contributed by atoms with Gasteiger partial charge in [-0.2, -0.15) is 0 Å². The highest BCUT2D eigenvalue weighted by molar-refractivity contribution is 5.79. The molecule has 1 aliphatic rings. The number of hydrogen-bond donors (Lipinski definition) is 0. The molecular formula is C24H21FO3. The third-order valence-corrected chi connectivity index (χ3v) is 4.85. The Bertz CT molecular complexity index is 937. The van der Waals surface area contributed by atoms with Gasteiger partial charge in [-0.15, -0.1) is 0 Å². The summed E-state index contributed by atoms with van der Waals surface area (Å²) in [5.74, 6) is 0.0828. The van der Waals surface area contributed by atoms with Crippen molar-refractivity contribution in [3.63, 3.8) is 0 Å². The molecule has 0 bridgehead atoms. The van der Waals surface area contributed by atoms with E-state index in [1.165, 1.54) is 6.07 Å². The second-order valence-corrected chi connectivity index (χ2v) is 7.01. The Labute approximate surface area is 163 Å². The van der Waals surface area contributed by atoms with Gasteiger partial charge in [-0.3, -0.25) is 4.79 Å². The summed E-state index contributed by atoms with van der Waals surface area (Å²) in [7, 11) is 0. The van der Waals surface area contributed by atoms with Gasteiger partial charge >= 0.3 is 5.97 Å². The third-order valence-electron chi connectivity index (χ3n) is 4.85. The van der Waals surface area contributed by atoms with Crippen LogP contribution in [0.1, 0.15) is 29.9 Å². The second-order valence-electron chi connectivity index (χ2n) is 7.01. The highest BCUT2D eigenvalue weighted by Gasteiger charge is 2.38. The normalized spacial score (nSPS) is 14.3. The first-order valence-electron chi connectivity index (χ1n) is 9.43. The maximum Gasteiger partial charge on any atom is 0.314 e. The number of benzene rings is 3. The van der Waals surface area contributed by atoms with E-state index < -0.39 is 5.82 Å². The molecule has 3 nitrogen and oxygen atoms in total. The molecule has 0 aliphatic heterocycles. The zero-order valence-corrected chi connectivity index (χ0v) is 15.4. The van der Waals surface area contributed by atoms with Crippen molar-refractivity contribution < 1.29 is 18.7 Å². The van der Waals surface area contributed by atoms with Crippen LogP contribution >= 0.6 is 0 Å². The summed E-state index contributed by atoms with van der Waals surface area (Å²) in [6.07, 6.45) is 2.08. The van der Waals surface area contributed by atoms with Crippen LogP contribution in [0.25, 0.3) is 0 Å². The van der Waals surface area contributed by atoms with E-state index in [2.05, 4.69) is 0 Å². The Hall–Kier alpha value is -3.14. The van der Waals surface area contributed by atoms with Crippen molar-refractivity contribution in [3.05, 3.63) is 95.8 Å². The van der Waals surface area contributed by atoms with Gasteiger partial charge in [0.1, 0.15) is 12.4 Å². The van der Waals surface area contributed by atoms with Crippen molar-refractivity contribution in [3.8, 4) is 11.5 Å². The van der Waals surface area contributed by atoms with Crippen LogP contribution in [-0.2, 0) is 16.1 Å². The number of para-hydroxylation sites is 1. The quantitative estimate of drug-likeness (QED) is 0.485. The number of esters is 1. The Balaban J connectivity index is 1.44. The van der Waals surface area contributed by atoms with Gasteiger partial charge in [0, 0.05) is 0 Å². The molecule has 28 heavy (non-hydrogen) atoms. The minimum absolute atomic E-state index is 0.0836. The molecular weight excluding hydrogens is 355 g/mol. The SMILES string of the molecule is O=C(OCc1ccc(F)c(Oc2ccccc2)c1)C(c1ccccc1)C1CC1. The maximum atomic E-state index is 14.1. The molecule has 4 heteroatoms. The molecule has 1 aliphatic carbocycles. The summed E-state index contributed by atoms with van der Waals surface area (Å²) in [6, 6.07) is 23.3. The van der Waals surface area contributed by atoms with E-state index in [9.17, 15) is 9.18 Å². The van der Waals surface area contributed by atoms with E-state index in [0.29, 0.717) is 17.2 Å². The molecule has 0 radical (unpaired) electrons. The number of rotatable bonds is 7. The lowest BCUT2D eigenvalue weighted by molar-refractivity contribution is -0.147. The standard InChI is InChI=1S/C24H21FO3/c25-21-14-11-17(15-22(21)28-20-9-5-2-6-10-20)16-27-24(26)23(19-12-13-19)18-7-3-1-4-8-18/h1-11,14-15,19,23H,12-13,16H2. The van der Waals surface area contributed by atoms with Crippen LogP contribution < -0.4 is 4.74 Å². The van der Waals surface area contributed by atoms with Gasteiger partial charge in [-0.25, -0.2) is 4.39 Å². The minimum Gasteiger partial charge on any atom is -0.460 e. The van der Waals surface area contributed by atoms with E-state index in [1.54, 1.807) is 24.3 Å². The van der Waals surface area contributed by atoms with Gasteiger partial charge in [0.25, 0.3) is 0 Å². The molecule has 0 aromatic heterocycles. The lowest BCUT2D eigenvalue weighted by Crippen LogP contribution is -2.17. The highest BCUT2D eigenvalue weighted by atomic mass is 19.1. The zero-order valence-electron chi connectivity index (χ0n) is 15.4. The zero-order chi connectivity index (χ0) is 19.3. The Morgan fingerprint density at radius 2 is 1.64 bits per heavy atom. The van der Waals surface area contributed by atoms with Crippen LogP contribution in [0.15, 0.2) is 78.9 Å². The van der Waals surface area contributed by atoms with Gasteiger partial charge in [0.15, 0.2) is 11.6 Å². The predicted octanol–water partition coefficient (Wildman–Crippen LogP) is 5.86. The summed E-state index contributed by atoms with van der Waals surface area (Å²) >= 11 is 0. The number of halogens is 1. The first-order chi connectivity index (χ1) is 13.7. The van der Waals surface area contributed by atoms with Crippen LogP contribution in [-0.4, -0.2) is 5.97 Å². The monoisotopic (exact) mass is 376 g/mol. The molecule has 4 rings (SSSR count). The molecule has 0 spiro atoms. The van der Waals surface area contributed by atoms with Gasteiger partial charge in [0.05, 0.1) is 5.92 Å². The van der Waals surface area contributed by atoms with Crippen molar-refractivity contribution >= 4 is 5.97 Å². The molecule has 1 fully saturated rings. The molecule has 0 amide bonds. The van der Waals surface area contributed by atoms with Crippen LogP contribution in [0.4, 0.5) is 4.39 Å². The lowest BCUT2D eigenvalue weighted by Gasteiger charge is -2.16. The number of carbonyl (C=O) groups is 1. The molecule has 3 aromatic carbocycles. The van der Waals surface area contributed by atoms with E-state index in [4.69, 9.17) is 9.47 Å². The van der Waals surface area contributed by atoms with Gasteiger partial charge < -0.3 is 9.47 Å². The molecule has 1 atom stereocenters. The average Bonchev–Trinajstić information content (AvgIpc) is 3.55. The van der Waals surface area contributed by atoms with Crippen molar-refractivity contribution in [2.24, 2.45) is 5.92 Å². The first kappa shape index (κ1) is 18.2. The topological polar surface area (TPSA) is 35.5 Å². The Kier molecular flexibility index (Phi) is 5.38. The number of ether oxygens (including phenoxy) is 2.